The molecule has 0 N–H and O–H groups in total. The average Bonchev–Trinajstić information content (AvgIpc) is 3.14. The molecule has 0 unspecified atom stereocenters. The zero-order valence-corrected chi connectivity index (χ0v) is 16.6. The van der Waals surface area contributed by atoms with Crippen molar-refractivity contribution in [1.82, 2.24) is 4.90 Å². The van der Waals surface area contributed by atoms with Crippen molar-refractivity contribution in [3.63, 3.8) is 0 Å². The summed E-state index contributed by atoms with van der Waals surface area (Å²) >= 11 is 0. The first-order valence-electron chi connectivity index (χ1n) is 9.71. The van der Waals surface area contributed by atoms with Gasteiger partial charge in [0, 0.05) is 25.7 Å². The second kappa shape index (κ2) is 6.68. The predicted molar refractivity (Wildman–Crippen MR) is 109 cm³/mol. The van der Waals surface area contributed by atoms with Gasteiger partial charge in [-0.05, 0) is 31.6 Å². The standard InChI is InChI=1S/C21H20N2O7/c1-21(2)4-3-13-18-14(10-15(28-18)23(25)26)19-17(20(13)30-21)12(9-16(24)29-19)11-22-5-7-27-8-6-22/h3-4,9-10H,5-8,11H2,1-2H3. The second-order valence-corrected chi connectivity index (χ2v) is 8.05. The third-order valence-electron chi connectivity index (χ3n) is 5.42. The van der Waals surface area contributed by atoms with E-state index in [1.165, 1.54) is 12.1 Å². The number of nitrogens with zero attached hydrogens (tertiary/aromatic N) is 2. The van der Waals surface area contributed by atoms with Crippen LogP contribution < -0.4 is 10.4 Å². The first-order chi connectivity index (χ1) is 14.3. The van der Waals surface area contributed by atoms with Crippen LogP contribution in [0.4, 0.5) is 5.88 Å². The fourth-order valence-electron chi connectivity index (χ4n) is 4.02. The summed E-state index contributed by atoms with van der Waals surface area (Å²) in [5.74, 6) is 0.0837. The minimum atomic E-state index is -0.606. The maximum Gasteiger partial charge on any atom is 0.434 e. The van der Waals surface area contributed by atoms with Gasteiger partial charge >= 0.3 is 11.5 Å². The van der Waals surface area contributed by atoms with Gasteiger partial charge in [-0.2, -0.15) is 0 Å². The first-order valence-corrected chi connectivity index (χ1v) is 9.71. The minimum absolute atomic E-state index is 0.238. The number of morpholine rings is 1. The highest BCUT2D eigenvalue weighted by Gasteiger charge is 2.31. The first kappa shape index (κ1) is 18.8. The van der Waals surface area contributed by atoms with E-state index in [0.717, 1.165) is 18.7 Å². The van der Waals surface area contributed by atoms with Gasteiger partial charge in [0.2, 0.25) is 0 Å². The summed E-state index contributed by atoms with van der Waals surface area (Å²) in [6.07, 6.45) is 3.72. The molecule has 9 heteroatoms. The molecule has 2 aromatic heterocycles. The summed E-state index contributed by atoms with van der Waals surface area (Å²) in [6, 6.07) is 2.76. The van der Waals surface area contributed by atoms with Crippen LogP contribution in [-0.4, -0.2) is 41.7 Å². The van der Waals surface area contributed by atoms with Gasteiger partial charge < -0.3 is 18.3 Å². The Hall–Kier alpha value is -3.17. The molecule has 1 saturated heterocycles. The van der Waals surface area contributed by atoms with Crippen LogP contribution in [0.5, 0.6) is 5.75 Å². The summed E-state index contributed by atoms with van der Waals surface area (Å²) in [5, 5.41) is 12.3. The van der Waals surface area contributed by atoms with Gasteiger partial charge in [0.05, 0.1) is 35.6 Å². The van der Waals surface area contributed by atoms with Crippen LogP contribution in [0.25, 0.3) is 28.0 Å². The van der Waals surface area contributed by atoms with E-state index in [4.69, 9.17) is 18.3 Å². The Morgan fingerprint density at radius 1 is 1.17 bits per heavy atom. The number of hydrogen-bond donors (Lipinski definition) is 0. The van der Waals surface area contributed by atoms with E-state index in [0.29, 0.717) is 41.8 Å². The third kappa shape index (κ3) is 3.06. The van der Waals surface area contributed by atoms with Crippen LogP contribution in [0.15, 0.2) is 31.8 Å². The van der Waals surface area contributed by atoms with E-state index in [1.54, 1.807) is 0 Å². The van der Waals surface area contributed by atoms with Gasteiger partial charge in [0.1, 0.15) is 16.3 Å². The van der Waals surface area contributed by atoms with Crippen molar-refractivity contribution in [2.75, 3.05) is 26.3 Å². The monoisotopic (exact) mass is 412 g/mol. The number of ether oxygens (including phenoxy) is 2. The van der Waals surface area contributed by atoms with Crippen molar-refractivity contribution < 1.29 is 23.2 Å². The van der Waals surface area contributed by atoms with E-state index >= 15 is 0 Å². The van der Waals surface area contributed by atoms with Crippen molar-refractivity contribution in [2.24, 2.45) is 0 Å². The number of rotatable bonds is 3. The highest BCUT2D eigenvalue weighted by molar-refractivity contribution is 6.11. The fourth-order valence-corrected chi connectivity index (χ4v) is 4.02. The van der Waals surface area contributed by atoms with Crippen molar-refractivity contribution in [2.45, 2.75) is 26.0 Å². The number of nitro groups is 1. The lowest BCUT2D eigenvalue weighted by Gasteiger charge is -2.30. The summed E-state index contributed by atoms with van der Waals surface area (Å²) in [6.45, 7) is 7.08. The zero-order chi connectivity index (χ0) is 21.0. The van der Waals surface area contributed by atoms with Gasteiger partial charge in [-0.25, -0.2) is 4.79 Å². The largest absolute Gasteiger partial charge is 0.482 e. The fraction of sp³-hybridized carbons (Fsp3) is 0.381. The Labute approximate surface area is 170 Å². The minimum Gasteiger partial charge on any atom is -0.482 e. The summed E-state index contributed by atoms with van der Waals surface area (Å²) in [5.41, 5.74) is 0.725. The number of hydrogen-bond acceptors (Lipinski definition) is 8. The second-order valence-electron chi connectivity index (χ2n) is 8.05. The molecule has 156 valence electrons. The Kier molecular flexibility index (Phi) is 4.19. The van der Waals surface area contributed by atoms with Gasteiger partial charge in [0.25, 0.3) is 0 Å². The molecule has 1 fully saturated rings. The van der Waals surface area contributed by atoms with Crippen LogP contribution >= 0.6 is 0 Å². The Morgan fingerprint density at radius 3 is 2.67 bits per heavy atom. The van der Waals surface area contributed by atoms with Gasteiger partial charge in [0.15, 0.2) is 11.2 Å². The van der Waals surface area contributed by atoms with Gasteiger partial charge in [-0.15, -0.1) is 0 Å². The van der Waals surface area contributed by atoms with Gasteiger partial charge in [-0.3, -0.25) is 15.0 Å². The zero-order valence-electron chi connectivity index (χ0n) is 16.6. The predicted octanol–water partition coefficient (Wildman–Crippen LogP) is 3.46. The van der Waals surface area contributed by atoms with Crippen molar-refractivity contribution in [3.8, 4) is 5.75 Å². The topological polar surface area (TPSA) is 108 Å². The van der Waals surface area contributed by atoms with Crippen LogP contribution in [0.1, 0.15) is 25.0 Å². The molecule has 0 bridgehead atoms. The molecule has 0 amide bonds. The van der Waals surface area contributed by atoms with E-state index in [-0.39, 0.29) is 11.2 Å². The van der Waals surface area contributed by atoms with E-state index in [9.17, 15) is 14.9 Å². The molecular formula is C21H20N2O7. The molecule has 2 aliphatic heterocycles. The molecule has 0 spiro atoms. The molecule has 0 atom stereocenters. The molecule has 5 rings (SSSR count). The van der Waals surface area contributed by atoms with Crippen LogP contribution in [0.3, 0.4) is 0 Å². The number of furan rings is 1. The summed E-state index contributed by atoms with van der Waals surface area (Å²) < 4.78 is 22.7. The maximum absolute atomic E-state index is 12.4. The highest BCUT2D eigenvalue weighted by atomic mass is 16.6. The van der Waals surface area contributed by atoms with E-state index < -0.39 is 22.0 Å². The normalized spacial score (nSPS) is 18.5. The van der Waals surface area contributed by atoms with Gasteiger partial charge in [-0.1, -0.05) is 0 Å². The molecule has 0 saturated carbocycles. The van der Waals surface area contributed by atoms with Crippen LogP contribution in [-0.2, 0) is 11.3 Å². The molecule has 4 heterocycles. The lowest BCUT2D eigenvalue weighted by atomic mass is 9.96. The van der Waals surface area contributed by atoms with Crippen molar-refractivity contribution in [3.05, 3.63) is 49.9 Å². The molecule has 30 heavy (non-hydrogen) atoms. The molecule has 3 aromatic rings. The lowest BCUT2D eigenvalue weighted by Crippen LogP contribution is -2.36. The molecule has 2 aliphatic rings. The van der Waals surface area contributed by atoms with Crippen LogP contribution in [0.2, 0.25) is 0 Å². The molecule has 0 radical (unpaired) electrons. The van der Waals surface area contributed by atoms with E-state index in [2.05, 4.69) is 4.90 Å². The molecule has 1 aromatic carbocycles. The Bertz CT molecular complexity index is 1260. The number of benzene rings is 1. The van der Waals surface area contributed by atoms with E-state index in [1.807, 2.05) is 26.0 Å². The Balaban J connectivity index is 1.83. The summed E-state index contributed by atoms with van der Waals surface area (Å²) in [7, 11) is 0. The maximum atomic E-state index is 12.4. The average molecular weight is 412 g/mol. The van der Waals surface area contributed by atoms with Crippen molar-refractivity contribution >= 4 is 33.9 Å². The Morgan fingerprint density at radius 2 is 1.93 bits per heavy atom. The molecule has 0 aliphatic carbocycles. The molecular weight excluding hydrogens is 392 g/mol. The third-order valence-corrected chi connectivity index (χ3v) is 5.42. The molecule has 9 nitrogen and oxygen atoms in total. The smallest absolute Gasteiger partial charge is 0.434 e. The SMILES string of the molecule is CC1(C)C=Cc2c(c3c(CN4CCOCC4)cc(=O)oc3c3cc([N+](=O)[O-])oc23)O1. The lowest BCUT2D eigenvalue weighted by molar-refractivity contribution is -0.401. The van der Waals surface area contributed by atoms with Crippen LogP contribution in [0, 0.1) is 10.1 Å². The summed E-state index contributed by atoms with van der Waals surface area (Å²) in [4.78, 5) is 25.3. The number of fused-ring (bicyclic) bond motifs is 6. The quantitative estimate of drug-likeness (QED) is 0.366. The highest BCUT2D eigenvalue weighted by Crippen LogP contribution is 2.46. The van der Waals surface area contributed by atoms with Crippen molar-refractivity contribution in [1.29, 1.82) is 0 Å².